The molecule has 0 saturated carbocycles. The summed E-state index contributed by atoms with van der Waals surface area (Å²) in [5.74, 6) is -3.57. The average molecular weight is 336 g/mol. The zero-order valence-corrected chi connectivity index (χ0v) is 12.8. The van der Waals surface area contributed by atoms with Crippen LogP contribution in [0, 0.1) is 5.41 Å². The molecule has 0 radical (unpaired) electrons. The minimum atomic E-state index is -2.30. The maximum atomic E-state index is 12.6. The van der Waals surface area contributed by atoms with Gasteiger partial charge in [0.1, 0.15) is 0 Å². The Bertz CT molecular complexity index is 869. The Kier molecular flexibility index (Phi) is 2.78. The Hall–Kier alpha value is -3.68. The van der Waals surface area contributed by atoms with Gasteiger partial charge >= 0.3 is 0 Å². The highest BCUT2D eigenvalue weighted by Crippen LogP contribution is 2.49. The van der Waals surface area contributed by atoms with E-state index < -0.39 is 29.0 Å². The molecule has 124 valence electrons. The van der Waals surface area contributed by atoms with Gasteiger partial charge in [-0.1, -0.05) is 24.3 Å². The summed E-state index contributed by atoms with van der Waals surface area (Å²) in [7, 11) is 0. The van der Waals surface area contributed by atoms with Gasteiger partial charge in [-0.05, 0) is 24.3 Å². The summed E-state index contributed by atoms with van der Waals surface area (Å²) in [5, 5.41) is 0. The number of carbonyl (C=O) groups excluding carboxylic acids is 4. The quantitative estimate of drug-likeness (QED) is 0.461. The molecule has 1 spiro atoms. The van der Waals surface area contributed by atoms with Crippen LogP contribution in [0.1, 0.15) is 0 Å². The van der Waals surface area contributed by atoms with Crippen LogP contribution in [0.2, 0.25) is 0 Å². The minimum Gasteiger partial charge on any atom is -0.397 e. The number of β-lactam (4-membered cyclic amide) rings is 4. The molecule has 2 saturated heterocycles. The van der Waals surface area contributed by atoms with Gasteiger partial charge in [-0.25, -0.2) is 9.80 Å². The Morgan fingerprint density at radius 2 is 0.920 bits per heavy atom. The van der Waals surface area contributed by atoms with Crippen LogP contribution in [-0.4, -0.2) is 23.6 Å². The number of nitrogen functional groups attached to an aromatic ring is 2. The third kappa shape index (κ3) is 1.55. The number of para-hydroxylation sites is 4. The molecule has 0 aromatic heterocycles. The predicted molar refractivity (Wildman–Crippen MR) is 89.1 cm³/mol. The van der Waals surface area contributed by atoms with Gasteiger partial charge in [0.15, 0.2) is 0 Å². The lowest BCUT2D eigenvalue weighted by Gasteiger charge is -2.52. The van der Waals surface area contributed by atoms with Gasteiger partial charge in [-0.2, -0.15) is 0 Å². The zero-order valence-electron chi connectivity index (χ0n) is 12.8. The second-order valence-corrected chi connectivity index (χ2v) is 5.76. The van der Waals surface area contributed by atoms with Crippen LogP contribution in [0.4, 0.5) is 22.7 Å². The van der Waals surface area contributed by atoms with Gasteiger partial charge in [0.2, 0.25) is 0 Å². The number of imide groups is 2. The lowest BCUT2D eigenvalue weighted by molar-refractivity contribution is -0.169. The van der Waals surface area contributed by atoms with Crippen molar-refractivity contribution in [1.29, 1.82) is 0 Å². The summed E-state index contributed by atoms with van der Waals surface area (Å²) < 4.78 is 0. The largest absolute Gasteiger partial charge is 0.397 e. The number of nitrogens with zero attached hydrogens (tertiary/aromatic N) is 2. The van der Waals surface area contributed by atoms with Crippen LogP contribution in [-0.2, 0) is 19.2 Å². The van der Waals surface area contributed by atoms with Crippen molar-refractivity contribution in [3.8, 4) is 0 Å². The number of hydrogen-bond acceptors (Lipinski definition) is 6. The minimum absolute atomic E-state index is 0.154. The Morgan fingerprint density at radius 3 is 1.24 bits per heavy atom. The first-order valence-corrected chi connectivity index (χ1v) is 7.39. The topological polar surface area (TPSA) is 127 Å². The van der Waals surface area contributed by atoms with Crippen molar-refractivity contribution in [2.75, 3.05) is 21.3 Å². The summed E-state index contributed by atoms with van der Waals surface area (Å²) >= 11 is 0. The molecule has 2 aliphatic heterocycles. The summed E-state index contributed by atoms with van der Waals surface area (Å²) in [6, 6.07) is 12.4. The molecule has 2 heterocycles. The van der Waals surface area contributed by atoms with E-state index in [-0.39, 0.29) is 22.7 Å². The van der Waals surface area contributed by atoms with E-state index in [1.807, 2.05) is 0 Å². The lowest BCUT2D eigenvalue weighted by Crippen LogP contribution is -2.85. The maximum Gasteiger partial charge on any atom is 0.286 e. The molecule has 2 aromatic rings. The van der Waals surface area contributed by atoms with Gasteiger partial charge in [0, 0.05) is 0 Å². The fourth-order valence-electron chi connectivity index (χ4n) is 3.12. The second kappa shape index (κ2) is 4.67. The molecule has 0 bridgehead atoms. The molecular weight excluding hydrogens is 324 g/mol. The molecule has 4 amide bonds. The Balaban J connectivity index is 1.70. The van der Waals surface area contributed by atoms with E-state index in [1.165, 1.54) is 24.3 Å². The van der Waals surface area contributed by atoms with Gasteiger partial charge < -0.3 is 11.5 Å². The summed E-state index contributed by atoms with van der Waals surface area (Å²) in [5.41, 5.74) is 9.94. The fraction of sp³-hybridized carbons (Fsp3) is 0.0588. The van der Waals surface area contributed by atoms with Crippen LogP contribution in [0.25, 0.3) is 0 Å². The maximum absolute atomic E-state index is 12.6. The second-order valence-electron chi connectivity index (χ2n) is 5.76. The first-order valence-electron chi connectivity index (χ1n) is 7.39. The summed E-state index contributed by atoms with van der Waals surface area (Å²) in [6.07, 6.45) is 0. The third-order valence-corrected chi connectivity index (χ3v) is 4.45. The number of rotatable bonds is 2. The zero-order chi connectivity index (χ0) is 17.9. The van der Waals surface area contributed by atoms with E-state index in [2.05, 4.69) is 0 Å². The predicted octanol–water partition coefficient (Wildman–Crippen LogP) is 0.284. The average Bonchev–Trinajstić information content (AvgIpc) is 2.59. The molecule has 2 aliphatic rings. The van der Waals surface area contributed by atoms with Crippen LogP contribution >= 0.6 is 0 Å². The van der Waals surface area contributed by atoms with E-state index in [0.717, 1.165) is 9.80 Å². The van der Waals surface area contributed by atoms with Crippen molar-refractivity contribution in [2.45, 2.75) is 0 Å². The molecule has 2 fully saturated rings. The van der Waals surface area contributed by atoms with E-state index in [0.29, 0.717) is 0 Å². The van der Waals surface area contributed by atoms with Crippen molar-refractivity contribution in [3.63, 3.8) is 0 Å². The van der Waals surface area contributed by atoms with Crippen molar-refractivity contribution in [1.82, 2.24) is 0 Å². The number of anilines is 4. The van der Waals surface area contributed by atoms with Crippen molar-refractivity contribution in [2.24, 2.45) is 5.41 Å². The van der Waals surface area contributed by atoms with E-state index in [1.54, 1.807) is 24.3 Å². The van der Waals surface area contributed by atoms with Crippen molar-refractivity contribution in [3.05, 3.63) is 48.5 Å². The molecule has 4 N–H and O–H groups in total. The van der Waals surface area contributed by atoms with Crippen LogP contribution in [0.5, 0.6) is 0 Å². The fourth-order valence-corrected chi connectivity index (χ4v) is 3.12. The first kappa shape index (κ1) is 14.9. The van der Waals surface area contributed by atoms with Gasteiger partial charge in [0.05, 0.1) is 22.7 Å². The normalized spacial score (nSPS) is 18.4. The molecule has 8 heteroatoms. The summed E-state index contributed by atoms with van der Waals surface area (Å²) in [6.45, 7) is 0. The molecule has 0 unspecified atom stereocenters. The number of benzene rings is 2. The van der Waals surface area contributed by atoms with Crippen LogP contribution in [0.15, 0.2) is 48.5 Å². The molecule has 4 rings (SSSR count). The molecule has 2 aromatic carbocycles. The van der Waals surface area contributed by atoms with E-state index in [4.69, 9.17) is 11.5 Å². The van der Waals surface area contributed by atoms with E-state index >= 15 is 0 Å². The van der Waals surface area contributed by atoms with Crippen molar-refractivity contribution < 1.29 is 19.2 Å². The summed E-state index contributed by atoms with van der Waals surface area (Å²) in [4.78, 5) is 51.8. The number of amides is 4. The lowest BCUT2D eigenvalue weighted by atomic mass is 9.68. The van der Waals surface area contributed by atoms with Gasteiger partial charge in [-0.15, -0.1) is 0 Å². The Labute approximate surface area is 141 Å². The van der Waals surface area contributed by atoms with Gasteiger partial charge in [-0.3, -0.25) is 19.2 Å². The van der Waals surface area contributed by atoms with Crippen LogP contribution in [0.3, 0.4) is 0 Å². The molecule has 0 aliphatic carbocycles. The number of nitrogens with two attached hydrogens (primary N) is 2. The van der Waals surface area contributed by atoms with Gasteiger partial charge in [0.25, 0.3) is 29.0 Å². The molecule has 25 heavy (non-hydrogen) atoms. The molecular formula is C17H12N4O4. The number of hydrogen-bond donors (Lipinski definition) is 2. The highest BCUT2D eigenvalue weighted by molar-refractivity contribution is 6.64. The Morgan fingerprint density at radius 1 is 0.600 bits per heavy atom. The monoisotopic (exact) mass is 336 g/mol. The molecule has 0 atom stereocenters. The number of carbonyl (C=O) groups is 4. The van der Waals surface area contributed by atoms with Crippen LogP contribution < -0.4 is 21.3 Å². The first-order chi connectivity index (χ1) is 11.9. The van der Waals surface area contributed by atoms with E-state index in [9.17, 15) is 19.2 Å². The highest BCUT2D eigenvalue weighted by atomic mass is 16.2. The third-order valence-electron chi connectivity index (χ3n) is 4.45. The smallest absolute Gasteiger partial charge is 0.286 e. The standard InChI is InChI=1S/C17H12N4O4/c18-9-5-1-3-7-11(9)20-13(22)17(14(20)23)15(24)21(16(17)25)12-8-4-2-6-10(12)19/h1-8H,18-19H2. The SMILES string of the molecule is Nc1ccccc1N1C(=O)C2(C1=O)C(=O)N(c1ccccc1N)C2=O. The van der Waals surface area contributed by atoms with Crippen molar-refractivity contribution >= 4 is 46.4 Å². The highest BCUT2D eigenvalue weighted by Gasteiger charge is 2.81. The molecule has 8 nitrogen and oxygen atoms in total.